The second kappa shape index (κ2) is 6.95. The Bertz CT molecular complexity index is 531. The zero-order chi connectivity index (χ0) is 15.4. The molecule has 4 nitrogen and oxygen atoms in total. The summed E-state index contributed by atoms with van der Waals surface area (Å²) in [6.45, 7) is 3.27. The highest BCUT2D eigenvalue weighted by atomic mass is 16.2. The molecule has 1 aromatic rings. The topological polar surface area (TPSA) is 40.6 Å². The average molecular weight is 300 g/mol. The molecule has 2 heterocycles. The Kier molecular flexibility index (Phi) is 4.76. The van der Waals surface area contributed by atoms with Gasteiger partial charge in [-0.05, 0) is 37.0 Å². The lowest BCUT2D eigenvalue weighted by Crippen LogP contribution is -2.31. The predicted molar refractivity (Wildman–Crippen MR) is 85.5 cm³/mol. The van der Waals surface area contributed by atoms with Crippen LogP contribution in [-0.2, 0) is 11.3 Å². The van der Waals surface area contributed by atoms with Crippen molar-refractivity contribution in [1.82, 2.24) is 9.80 Å². The fourth-order valence-corrected chi connectivity index (χ4v) is 3.30. The highest BCUT2D eigenvalue weighted by Crippen LogP contribution is 2.17. The van der Waals surface area contributed by atoms with E-state index in [1.165, 1.54) is 12.8 Å². The molecule has 2 amide bonds. The molecule has 0 radical (unpaired) electrons. The van der Waals surface area contributed by atoms with Gasteiger partial charge in [-0.1, -0.05) is 25.0 Å². The molecule has 1 aromatic carbocycles. The summed E-state index contributed by atoms with van der Waals surface area (Å²) in [5.74, 6) is 0.385. The van der Waals surface area contributed by atoms with E-state index in [4.69, 9.17) is 0 Å². The van der Waals surface area contributed by atoms with Crippen LogP contribution in [0.1, 0.15) is 54.4 Å². The van der Waals surface area contributed by atoms with Gasteiger partial charge in [0.15, 0.2) is 0 Å². The van der Waals surface area contributed by atoms with Crippen LogP contribution in [0, 0.1) is 0 Å². The number of likely N-dealkylation sites (tertiary alicyclic amines) is 2. The monoisotopic (exact) mass is 300 g/mol. The van der Waals surface area contributed by atoms with Crippen molar-refractivity contribution in [2.45, 2.75) is 45.1 Å². The fraction of sp³-hybridized carbons (Fsp3) is 0.556. The number of hydrogen-bond acceptors (Lipinski definition) is 2. The summed E-state index contributed by atoms with van der Waals surface area (Å²) in [6, 6.07) is 7.78. The minimum absolute atomic E-state index is 0.144. The van der Waals surface area contributed by atoms with Gasteiger partial charge in [0, 0.05) is 38.2 Å². The molecule has 0 saturated carbocycles. The first-order valence-corrected chi connectivity index (χ1v) is 8.40. The Morgan fingerprint density at radius 2 is 1.59 bits per heavy atom. The van der Waals surface area contributed by atoms with Crippen molar-refractivity contribution in [3.05, 3.63) is 35.4 Å². The standard InChI is InChI=1S/C18H24N2O2/c21-17-6-5-13-20(17)14-15-7-9-16(10-8-15)18(22)19-11-3-1-2-4-12-19/h7-10H,1-6,11-14H2. The van der Waals surface area contributed by atoms with Crippen LogP contribution in [0.25, 0.3) is 0 Å². The lowest BCUT2D eigenvalue weighted by atomic mass is 10.1. The number of rotatable bonds is 3. The molecule has 0 bridgehead atoms. The maximum absolute atomic E-state index is 12.5. The Morgan fingerprint density at radius 3 is 2.18 bits per heavy atom. The van der Waals surface area contributed by atoms with Gasteiger partial charge in [-0.3, -0.25) is 9.59 Å². The molecule has 0 aromatic heterocycles. The normalized spacial score (nSPS) is 19.4. The molecule has 2 saturated heterocycles. The molecule has 0 atom stereocenters. The first kappa shape index (κ1) is 15.1. The van der Waals surface area contributed by atoms with Crippen LogP contribution in [0.3, 0.4) is 0 Å². The molecular formula is C18H24N2O2. The molecule has 2 aliphatic heterocycles. The van der Waals surface area contributed by atoms with Crippen molar-refractivity contribution in [2.75, 3.05) is 19.6 Å². The molecule has 0 unspecified atom stereocenters. The maximum atomic E-state index is 12.5. The Morgan fingerprint density at radius 1 is 0.909 bits per heavy atom. The average Bonchev–Trinajstić information content (AvgIpc) is 2.79. The van der Waals surface area contributed by atoms with Gasteiger partial charge in [0.05, 0.1) is 0 Å². The minimum Gasteiger partial charge on any atom is -0.339 e. The van der Waals surface area contributed by atoms with Crippen molar-refractivity contribution < 1.29 is 9.59 Å². The van der Waals surface area contributed by atoms with E-state index in [1.807, 2.05) is 34.1 Å². The van der Waals surface area contributed by atoms with E-state index in [0.717, 1.165) is 50.0 Å². The second-order valence-corrected chi connectivity index (χ2v) is 6.32. The van der Waals surface area contributed by atoms with E-state index in [9.17, 15) is 9.59 Å². The first-order valence-electron chi connectivity index (χ1n) is 8.40. The highest BCUT2D eigenvalue weighted by molar-refractivity contribution is 5.94. The van der Waals surface area contributed by atoms with Gasteiger partial charge < -0.3 is 9.80 Å². The molecule has 0 N–H and O–H groups in total. The fourth-order valence-electron chi connectivity index (χ4n) is 3.30. The largest absolute Gasteiger partial charge is 0.339 e. The maximum Gasteiger partial charge on any atom is 0.253 e. The molecule has 2 fully saturated rings. The van der Waals surface area contributed by atoms with Crippen LogP contribution in [0.2, 0.25) is 0 Å². The van der Waals surface area contributed by atoms with Crippen molar-refractivity contribution in [1.29, 1.82) is 0 Å². The van der Waals surface area contributed by atoms with E-state index in [1.54, 1.807) is 0 Å². The lowest BCUT2D eigenvalue weighted by Gasteiger charge is -2.20. The van der Waals surface area contributed by atoms with Crippen LogP contribution in [0.15, 0.2) is 24.3 Å². The van der Waals surface area contributed by atoms with Crippen LogP contribution in [-0.4, -0.2) is 41.2 Å². The molecule has 4 heteroatoms. The third kappa shape index (κ3) is 3.49. The van der Waals surface area contributed by atoms with Gasteiger partial charge in [0.2, 0.25) is 5.91 Å². The van der Waals surface area contributed by atoms with Gasteiger partial charge in [0.1, 0.15) is 0 Å². The van der Waals surface area contributed by atoms with Crippen LogP contribution < -0.4 is 0 Å². The van der Waals surface area contributed by atoms with Gasteiger partial charge >= 0.3 is 0 Å². The van der Waals surface area contributed by atoms with Crippen molar-refractivity contribution in [3.63, 3.8) is 0 Å². The number of hydrogen-bond donors (Lipinski definition) is 0. The third-order valence-corrected chi connectivity index (χ3v) is 4.64. The van der Waals surface area contributed by atoms with Crippen molar-refractivity contribution in [3.8, 4) is 0 Å². The van der Waals surface area contributed by atoms with E-state index in [0.29, 0.717) is 13.0 Å². The summed E-state index contributed by atoms with van der Waals surface area (Å²) in [7, 11) is 0. The van der Waals surface area contributed by atoms with Crippen LogP contribution in [0.5, 0.6) is 0 Å². The molecular weight excluding hydrogens is 276 g/mol. The van der Waals surface area contributed by atoms with E-state index in [-0.39, 0.29) is 11.8 Å². The predicted octanol–water partition coefficient (Wildman–Crippen LogP) is 2.83. The van der Waals surface area contributed by atoms with Crippen LogP contribution in [0.4, 0.5) is 0 Å². The summed E-state index contributed by atoms with van der Waals surface area (Å²) in [6.07, 6.45) is 6.32. The van der Waals surface area contributed by atoms with Gasteiger partial charge in [-0.25, -0.2) is 0 Å². The summed E-state index contributed by atoms with van der Waals surface area (Å²) >= 11 is 0. The van der Waals surface area contributed by atoms with E-state index >= 15 is 0 Å². The van der Waals surface area contributed by atoms with Crippen LogP contribution >= 0.6 is 0 Å². The number of amides is 2. The highest BCUT2D eigenvalue weighted by Gasteiger charge is 2.20. The molecule has 0 spiro atoms. The van der Waals surface area contributed by atoms with Gasteiger partial charge in [0.25, 0.3) is 5.91 Å². The first-order chi connectivity index (χ1) is 10.7. The molecule has 118 valence electrons. The smallest absolute Gasteiger partial charge is 0.253 e. The SMILES string of the molecule is O=C1CCCN1Cc1ccc(C(=O)N2CCCCCC2)cc1. The van der Waals surface area contributed by atoms with E-state index in [2.05, 4.69) is 0 Å². The summed E-state index contributed by atoms with van der Waals surface area (Å²) < 4.78 is 0. The zero-order valence-corrected chi connectivity index (χ0v) is 13.1. The third-order valence-electron chi connectivity index (χ3n) is 4.64. The van der Waals surface area contributed by atoms with Crippen molar-refractivity contribution >= 4 is 11.8 Å². The zero-order valence-electron chi connectivity index (χ0n) is 13.1. The lowest BCUT2D eigenvalue weighted by molar-refractivity contribution is -0.128. The van der Waals surface area contributed by atoms with Gasteiger partial charge in [-0.2, -0.15) is 0 Å². The number of carbonyl (C=O) groups excluding carboxylic acids is 2. The Hall–Kier alpha value is -1.84. The quantitative estimate of drug-likeness (QED) is 0.861. The minimum atomic E-state index is 0.144. The van der Waals surface area contributed by atoms with Gasteiger partial charge in [-0.15, -0.1) is 0 Å². The van der Waals surface area contributed by atoms with Crippen molar-refractivity contribution in [2.24, 2.45) is 0 Å². The second-order valence-electron chi connectivity index (χ2n) is 6.32. The number of nitrogens with zero attached hydrogens (tertiary/aromatic N) is 2. The Labute approximate surface area is 132 Å². The summed E-state index contributed by atoms with van der Waals surface area (Å²) in [4.78, 5) is 28.1. The number of carbonyl (C=O) groups is 2. The molecule has 3 rings (SSSR count). The molecule has 0 aliphatic carbocycles. The number of benzene rings is 1. The molecule has 22 heavy (non-hydrogen) atoms. The summed E-state index contributed by atoms with van der Waals surface area (Å²) in [5, 5.41) is 0. The molecule has 2 aliphatic rings. The van der Waals surface area contributed by atoms with E-state index < -0.39 is 0 Å². The Balaban J connectivity index is 1.62. The summed E-state index contributed by atoms with van der Waals surface area (Å²) in [5.41, 5.74) is 1.86.